The van der Waals surface area contributed by atoms with Crippen LogP contribution in [0.2, 0.25) is 0 Å². The van der Waals surface area contributed by atoms with Crippen molar-refractivity contribution in [3.8, 4) is 11.3 Å². The molecule has 110 valence electrons. The summed E-state index contributed by atoms with van der Waals surface area (Å²) in [7, 11) is 0. The topological polar surface area (TPSA) is 41.1 Å². The molecule has 2 heterocycles. The van der Waals surface area contributed by atoms with Gasteiger partial charge in [-0.25, -0.2) is 4.98 Å². The monoisotopic (exact) mass is 282 g/mol. The summed E-state index contributed by atoms with van der Waals surface area (Å²) >= 11 is 0. The van der Waals surface area contributed by atoms with Crippen LogP contribution in [0.5, 0.6) is 0 Å². The maximum absolute atomic E-state index is 4.78. The third kappa shape index (κ3) is 3.32. The fraction of sp³-hybridized carbons (Fsp3) is 0.412. The predicted octanol–water partition coefficient (Wildman–Crippen LogP) is 3.57. The molecule has 1 aromatic carbocycles. The molecule has 4 nitrogen and oxygen atoms in total. The number of rotatable bonds is 4. The Morgan fingerprint density at radius 1 is 1.05 bits per heavy atom. The van der Waals surface area contributed by atoms with E-state index in [1.807, 2.05) is 24.3 Å². The fourth-order valence-corrected chi connectivity index (χ4v) is 2.70. The highest BCUT2D eigenvalue weighted by Gasteiger charge is 2.15. The van der Waals surface area contributed by atoms with Crippen LogP contribution in [0, 0.1) is 0 Å². The molecule has 2 aromatic rings. The van der Waals surface area contributed by atoms with E-state index < -0.39 is 0 Å². The molecule has 0 radical (unpaired) electrons. The van der Waals surface area contributed by atoms with E-state index in [1.54, 1.807) is 0 Å². The zero-order chi connectivity index (χ0) is 14.5. The molecule has 0 atom stereocenters. The number of hydrogen-bond acceptors (Lipinski definition) is 4. The van der Waals surface area contributed by atoms with Crippen molar-refractivity contribution >= 4 is 11.8 Å². The van der Waals surface area contributed by atoms with Crippen LogP contribution in [-0.2, 0) is 0 Å². The van der Waals surface area contributed by atoms with Gasteiger partial charge in [0.1, 0.15) is 5.82 Å². The minimum atomic E-state index is 0.854. The Morgan fingerprint density at radius 2 is 1.81 bits per heavy atom. The van der Waals surface area contributed by atoms with E-state index in [4.69, 9.17) is 4.98 Å². The first kappa shape index (κ1) is 13.9. The largest absolute Gasteiger partial charge is 0.370 e. The van der Waals surface area contributed by atoms with E-state index in [9.17, 15) is 0 Å². The lowest BCUT2D eigenvalue weighted by atomic mass is 10.1. The third-order valence-corrected chi connectivity index (χ3v) is 3.78. The van der Waals surface area contributed by atoms with Gasteiger partial charge in [0.2, 0.25) is 5.95 Å². The van der Waals surface area contributed by atoms with E-state index in [1.165, 1.54) is 19.3 Å². The van der Waals surface area contributed by atoms with E-state index >= 15 is 0 Å². The minimum absolute atomic E-state index is 0.854. The normalized spacial score (nSPS) is 15.0. The number of anilines is 2. The van der Waals surface area contributed by atoms with Crippen molar-refractivity contribution < 1.29 is 0 Å². The first-order valence-electron chi connectivity index (χ1n) is 7.80. The Balaban J connectivity index is 1.97. The quantitative estimate of drug-likeness (QED) is 0.931. The molecular formula is C17H22N4. The fourth-order valence-electron chi connectivity index (χ4n) is 2.70. The highest BCUT2D eigenvalue weighted by atomic mass is 15.3. The summed E-state index contributed by atoms with van der Waals surface area (Å²) in [6, 6.07) is 12.3. The molecule has 0 amide bonds. The first-order valence-corrected chi connectivity index (χ1v) is 7.80. The van der Waals surface area contributed by atoms with Crippen LogP contribution < -0.4 is 10.2 Å². The minimum Gasteiger partial charge on any atom is -0.370 e. The van der Waals surface area contributed by atoms with E-state index in [-0.39, 0.29) is 0 Å². The van der Waals surface area contributed by atoms with Crippen LogP contribution in [0.15, 0.2) is 36.4 Å². The SMILES string of the molecule is CCNc1cc(-c2ccccc2)nc(N2CCCCC2)n1. The van der Waals surface area contributed by atoms with E-state index in [0.29, 0.717) is 0 Å². The lowest BCUT2D eigenvalue weighted by Gasteiger charge is -2.27. The number of nitrogens with one attached hydrogen (secondary N) is 1. The third-order valence-electron chi connectivity index (χ3n) is 3.78. The summed E-state index contributed by atoms with van der Waals surface area (Å²) < 4.78 is 0. The lowest BCUT2D eigenvalue weighted by molar-refractivity contribution is 0.568. The second kappa shape index (κ2) is 6.57. The zero-order valence-electron chi connectivity index (χ0n) is 12.5. The van der Waals surface area contributed by atoms with Crippen LogP contribution in [-0.4, -0.2) is 29.6 Å². The van der Waals surface area contributed by atoms with Crippen LogP contribution in [0.25, 0.3) is 11.3 Å². The van der Waals surface area contributed by atoms with Crippen molar-refractivity contribution in [3.63, 3.8) is 0 Å². The molecule has 0 unspecified atom stereocenters. The Labute approximate surface area is 126 Å². The molecule has 3 rings (SSSR count). The zero-order valence-corrected chi connectivity index (χ0v) is 12.5. The van der Waals surface area contributed by atoms with Gasteiger partial charge in [0, 0.05) is 31.3 Å². The predicted molar refractivity (Wildman–Crippen MR) is 87.7 cm³/mol. The number of hydrogen-bond donors (Lipinski definition) is 1. The molecule has 1 aromatic heterocycles. The van der Waals surface area contributed by atoms with Gasteiger partial charge >= 0.3 is 0 Å². The molecule has 1 saturated heterocycles. The number of piperidine rings is 1. The molecule has 0 spiro atoms. The Morgan fingerprint density at radius 3 is 2.52 bits per heavy atom. The molecule has 1 N–H and O–H groups in total. The maximum Gasteiger partial charge on any atom is 0.227 e. The molecule has 0 saturated carbocycles. The highest BCUT2D eigenvalue weighted by molar-refractivity contribution is 5.64. The van der Waals surface area contributed by atoms with Gasteiger partial charge in [-0.1, -0.05) is 30.3 Å². The summed E-state index contributed by atoms with van der Waals surface area (Å²) in [4.78, 5) is 11.8. The molecule has 0 aliphatic carbocycles. The average molecular weight is 282 g/mol. The second-order valence-corrected chi connectivity index (χ2v) is 5.38. The molecular weight excluding hydrogens is 260 g/mol. The molecule has 1 fully saturated rings. The molecule has 1 aliphatic rings. The highest BCUT2D eigenvalue weighted by Crippen LogP contribution is 2.24. The first-order chi connectivity index (χ1) is 10.4. The summed E-state index contributed by atoms with van der Waals surface area (Å²) in [5.41, 5.74) is 2.12. The molecule has 4 heteroatoms. The van der Waals surface area contributed by atoms with Crippen LogP contribution in [0.1, 0.15) is 26.2 Å². The smallest absolute Gasteiger partial charge is 0.227 e. The molecule has 0 bridgehead atoms. The summed E-state index contributed by atoms with van der Waals surface area (Å²) in [6.07, 6.45) is 3.78. The van der Waals surface area contributed by atoms with Gasteiger partial charge in [0.25, 0.3) is 0 Å². The number of benzene rings is 1. The van der Waals surface area contributed by atoms with Gasteiger partial charge in [-0.3, -0.25) is 0 Å². The van der Waals surface area contributed by atoms with Crippen molar-refractivity contribution in [2.75, 3.05) is 29.9 Å². The second-order valence-electron chi connectivity index (χ2n) is 5.38. The van der Waals surface area contributed by atoms with Crippen molar-refractivity contribution in [2.45, 2.75) is 26.2 Å². The number of nitrogens with zero attached hydrogens (tertiary/aromatic N) is 3. The Hall–Kier alpha value is -2.10. The number of aromatic nitrogens is 2. The Bertz CT molecular complexity index is 577. The van der Waals surface area contributed by atoms with Gasteiger partial charge in [0.05, 0.1) is 5.69 Å². The van der Waals surface area contributed by atoms with Crippen molar-refractivity contribution in [3.05, 3.63) is 36.4 Å². The molecule has 21 heavy (non-hydrogen) atoms. The van der Waals surface area contributed by atoms with Gasteiger partial charge in [-0.05, 0) is 26.2 Å². The van der Waals surface area contributed by atoms with Gasteiger partial charge in [-0.15, -0.1) is 0 Å². The van der Waals surface area contributed by atoms with E-state index in [0.717, 1.165) is 42.7 Å². The maximum atomic E-state index is 4.78. The average Bonchev–Trinajstić information content (AvgIpc) is 2.56. The molecule has 1 aliphatic heterocycles. The van der Waals surface area contributed by atoms with Crippen molar-refractivity contribution in [1.29, 1.82) is 0 Å². The lowest BCUT2D eigenvalue weighted by Crippen LogP contribution is -2.31. The van der Waals surface area contributed by atoms with Gasteiger partial charge < -0.3 is 10.2 Å². The van der Waals surface area contributed by atoms with Crippen LogP contribution in [0.4, 0.5) is 11.8 Å². The van der Waals surface area contributed by atoms with Gasteiger partial charge in [0.15, 0.2) is 0 Å². The standard InChI is InChI=1S/C17H22N4/c1-2-18-16-13-15(14-9-5-3-6-10-14)19-17(20-16)21-11-7-4-8-12-21/h3,5-6,9-10,13H,2,4,7-8,11-12H2,1H3,(H,18,19,20). The van der Waals surface area contributed by atoms with Crippen LogP contribution in [0.3, 0.4) is 0 Å². The van der Waals surface area contributed by atoms with E-state index in [2.05, 4.69) is 34.3 Å². The van der Waals surface area contributed by atoms with Crippen molar-refractivity contribution in [2.24, 2.45) is 0 Å². The van der Waals surface area contributed by atoms with Gasteiger partial charge in [-0.2, -0.15) is 4.98 Å². The summed E-state index contributed by atoms with van der Waals surface area (Å²) in [6.45, 7) is 5.07. The Kier molecular flexibility index (Phi) is 4.34. The summed E-state index contributed by atoms with van der Waals surface area (Å²) in [5, 5.41) is 3.32. The summed E-state index contributed by atoms with van der Waals surface area (Å²) in [5.74, 6) is 1.76. The van der Waals surface area contributed by atoms with Crippen molar-refractivity contribution in [1.82, 2.24) is 9.97 Å². The van der Waals surface area contributed by atoms with Crippen LogP contribution >= 0.6 is 0 Å².